The van der Waals surface area contributed by atoms with Crippen LogP contribution in [0.3, 0.4) is 0 Å². The lowest BCUT2D eigenvalue weighted by Gasteiger charge is -2.16. The Hall–Kier alpha value is -2.09. The molecular weight excluding hydrogens is 330 g/mol. The summed E-state index contributed by atoms with van der Waals surface area (Å²) in [4.78, 5) is 34.0. The van der Waals surface area contributed by atoms with Crippen molar-refractivity contribution in [3.63, 3.8) is 0 Å². The number of nitrogens with zero attached hydrogens (tertiary/aromatic N) is 1. The van der Waals surface area contributed by atoms with Crippen LogP contribution in [0.2, 0.25) is 0 Å². The van der Waals surface area contributed by atoms with E-state index in [0.717, 1.165) is 18.2 Å². The summed E-state index contributed by atoms with van der Waals surface area (Å²) in [6.07, 6.45) is -0.115. The van der Waals surface area contributed by atoms with Crippen molar-refractivity contribution in [2.24, 2.45) is 0 Å². The normalized spacial score (nSPS) is 15.3. The SMILES string of the molecule is CCC(C)OP(=O)(O)c1cc2cc([N+](=O)[O-])c(F)cc2[nH]c1=O. The van der Waals surface area contributed by atoms with Crippen LogP contribution in [0, 0.1) is 15.9 Å². The largest absolute Gasteiger partial charge is 0.364 e. The van der Waals surface area contributed by atoms with E-state index in [1.807, 2.05) is 0 Å². The van der Waals surface area contributed by atoms with E-state index in [4.69, 9.17) is 4.52 Å². The van der Waals surface area contributed by atoms with E-state index in [0.29, 0.717) is 6.42 Å². The molecule has 23 heavy (non-hydrogen) atoms. The van der Waals surface area contributed by atoms with E-state index >= 15 is 0 Å². The molecule has 0 radical (unpaired) electrons. The molecule has 2 aromatic rings. The molecule has 8 nitrogen and oxygen atoms in total. The maximum Gasteiger partial charge on any atom is 0.364 e. The summed E-state index contributed by atoms with van der Waals surface area (Å²) in [5.41, 5.74) is -1.74. The van der Waals surface area contributed by atoms with E-state index in [9.17, 15) is 28.8 Å². The van der Waals surface area contributed by atoms with Gasteiger partial charge in [-0.05, 0) is 19.4 Å². The fourth-order valence-corrected chi connectivity index (χ4v) is 3.30. The van der Waals surface area contributed by atoms with E-state index in [-0.39, 0.29) is 10.9 Å². The third kappa shape index (κ3) is 3.47. The van der Waals surface area contributed by atoms with Gasteiger partial charge in [0.15, 0.2) is 0 Å². The van der Waals surface area contributed by atoms with Crippen molar-refractivity contribution in [3.8, 4) is 0 Å². The lowest BCUT2D eigenvalue weighted by molar-refractivity contribution is -0.387. The zero-order valence-corrected chi connectivity index (χ0v) is 13.2. The van der Waals surface area contributed by atoms with Gasteiger partial charge in [0, 0.05) is 17.5 Å². The Morgan fingerprint density at radius 2 is 2.13 bits per heavy atom. The standard InChI is InChI=1S/C13H14FN2O6P/c1-3-7(2)22-23(20,21)12-5-8-4-11(16(18)19)9(14)6-10(8)15-13(12)17/h4-7H,3H2,1-2H3,(H,15,17)(H,20,21). The Balaban J connectivity index is 2.64. The predicted octanol–water partition coefficient (Wildman–Crippen LogP) is 2.20. The maximum absolute atomic E-state index is 13.6. The number of fused-ring (bicyclic) bond motifs is 1. The fourth-order valence-electron chi connectivity index (χ4n) is 1.93. The number of hydrogen-bond acceptors (Lipinski definition) is 5. The molecule has 0 saturated carbocycles. The number of pyridine rings is 1. The van der Waals surface area contributed by atoms with Gasteiger partial charge in [0.05, 0.1) is 16.5 Å². The smallest absolute Gasteiger partial charge is 0.321 e. The number of nitro groups is 1. The van der Waals surface area contributed by atoms with Crippen LogP contribution < -0.4 is 10.9 Å². The van der Waals surface area contributed by atoms with Gasteiger partial charge < -0.3 is 14.4 Å². The lowest BCUT2D eigenvalue weighted by Crippen LogP contribution is -2.29. The molecule has 0 aliphatic rings. The van der Waals surface area contributed by atoms with Gasteiger partial charge in [-0.2, -0.15) is 4.39 Å². The molecule has 1 heterocycles. The summed E-state index contributed by atoms with van der Waals surface area (Å²) in [6.45, 7) is 3.31. The third-order valence-electron chi connectivity index (χ3n) is 3.29. The molecule has 2 rings (SSSR count). The first kappa shape index (κ1) is 17.3. The second kappa shape index (κ2) is 6.19. The zero-order valence-electron chi connectivity index (χ0n) is 12.3. The first-order chi connectivity index (χ1) is 10.7. The van der Waals surface area contributed by atoms with Crippen molar-refractivity contribution in [2.45, 2.75) is 26.4 Å². The predicted molar refractivity (Wildman–Crippen MR) is 81.5 cm³/mol. The van der Waals surface area contributed by atoms with Gasteiger partial charge in [0.2, 0.25) is 5.82 Å². The topological polar surface area (TPSA) is 123 Å². The van der Waals surface area contributed by atoms with E-state index in [1.54, 1.807) is 13.8 Å². The number of rotatable bonds is 5. The molecule has 10 heteroatoms. The fraction of sp³-hybridized carbons (Fsp3) is 0.308. The highest BCUT2D eigenvalue weighted by atomic mass is 31.2. The van der Waals surface area contributed by atoms with Gasteiger partial charge in [-0.1, -0.05) is 6.92 Å². The van der Waals surface area contributed by atoms with Crippen LogP contribution in [-0.2, 0) is 9.09 Å². The van der Waals surface area contributed by atoms with Gasteiger partial charge in [-0.25, -0.2) is 0 Å². The van der Waals surface area contributed by atoms with Crippen LogP contribution >= 0.6 is 7.60 Å². The second-order valence-corrected chi connectivity index (χ2v) is 6.71. The number of benzene rings is 1. The highest BCUT2D eigenvalue weighted by Crippen LogP contribution is 2.41. The molecule has 0 aliphatic carbocycles. The van der Waals surface area contributed by atoms with Gasteiger partial charge in [-0.3, -0.25) is 19.5 Å². The van der Waals surface area contributed by atoms with Crippen molar-refractivity contribution in [3.05, 3.63) is 44.5 Å². The average molecular weight is 344 g/mol. The molecule has 2 N–H and O–H groups in total. The van der Waals surface area contributed by atoms with Crippen molar-refractivity contribution >= 4 is 29.5 Å². The summed E-state index contributed by atoms with van der Waals surface area (Å²) in [5.74, 6) is -1.12. The Bertz CT molecular complexity index is 881. The summed E-state index contributed by atoms with van der Waals surface area (Å²) < 4.78 is 30.8. The van der Waals surface area contributed by atoms with Gasteiger partial charge in [0.1, 0.15) is 5.30 Å². The van der Waals surface area contributed by atoms with Crippen LogP contribution in [0.25, 0.3) is 10.9 Å². The quantitative estimate of drug-likeness (QED) is 0.487. The third-order valence-corrected chi connectivity index (χ3v) is 4.88. The second-order valence-electron chi connectivity index (χ2n) is 4.98. The number of aromatic nitrogens is 1. The van der Waals surface area contributed by atoms with E-state index in [1.165, 1.54) is 0 Å². The highest BCUT2D eigenvalue weighted by Gasteiger charge is 2.29. The molecule has 0 amide bonds. The molecule has 0 saturated heterocycles. The number of nitrogens with one attached hydrogen (secondary N) is 1. The summed E-state index contributed by atoms with van der Waals surface area (Å²) in [5, 5.41) is 10.3. The molecule has 0 bridgehead atoms. The van der Waals surface area contributed by atoms with E-state index < -0.39 is 41.0 Å². The van der Waals surface area contributed by atoms with Crippen molar-refractivity contribution < 1.29 is 23.3 Å². The van der Waals surface area contributed by atoms with E-state index in [2.05, 4.69) is 4.98 Å². The first-order valence-corrected chi connectivity index (χ1v) is 8.26. The van der Waals surface area contributed by atoms with Gasteiger partial charge >= 0.3 is 13.3 Å². The first-order valence-electron chi connectivity index (χ1n) is 6.68. The lowest BCUT2D eigenvalue weighted by atomic mass is 10.2. The van der Waals surface area contributed by atoms with Gasteiger partial charge in [0.25, 0.3) is 5.56 Å². The van der Waals surface area contributed by atoms with Crippen LogP contribution in [0.5, 0.6) is 0 Å². The van der Waals surface area contributed by atoms with Crippen molar-refractivity contribution in [1.82, 2.24) is 4.98 Å². The number of H-pyrrole nitrogens is 1. The molecule has 124 valence electrons. The monoisotopic (exact) mass is 344 g/mol. The van der Waals surface area contributed by atoms with Crippen molar-refractivity contribution in [1.29, 1.82) is 0 Å². The minimum absolute atomic E-state index is 0.0228. The number of nitro benzene ring substituents is 1. The Morgan fingerprint density at radius 1 is 1.48 bits per heavy atom. The number of hydrogen-bond donors (Lipinski definition) is 2. The molecule has 0 fully saturated rings. The molecule has 0 spiro atoms. The van der Waals surface area contributed by atoms with Crippen LogP contribution in [0.4, 0.5) is 10.1 Å². The summed E-state index contributed by atoms with van der Waals surface area (Å²) in [7, 11) is -4.42. The molecule has 0 aliphatic heterocycles. The van der Waals surface area contributed by atoms with Crippen LogP contribution in [-0.4, -0.2) is 20.9 Å². The molecular formula is C13H14FN2O6P. The summed E-state index contributed by atoms with van der Waals surface area (Å²) >= 11 is 0. The Labute approximate surface area is 129 Å². The highest BCUT2D eigenvalue weighted by molar-refractivity contribution is 7.61. The van der Waals surface area contributed by atoms with Gasteiger partial charge in [-0.15, -0.1) is 0 Å². The molecule has 2 atom stereocenters. The number of halogens is 1. The zero-order chi connectivity index (χ0) is 17.4. The minimum atomic E-state index is -4.42. The Kier molecular flexibility index (Phi) is 4.65. The molecule has 1 aromatic heterocycles. The number of aromatic amines is 1. The summed E-state index contributed by atoms with van der Waals surface area (Å²) in [6, 6.07) is 2.67. The maximum atomic E-state index is 13.6. The van der Waals surface area contributed by atoms with Crippen molar-refractivity contribution in [2.75, 3.05) is 0 Å². The molecule has 2 unspecified atom stereocenters. The Morgan fingerprint density at radius 3 is 2.70 bits per heavy atom. The molecule has 1 aromatic carbocycles. The van der Waals surface area contributed by atoms with Crippen LogP contribution in [0.1, 0.15) is 20.3 Å². The average Bonchev–Trinajstić information content (AvgIpc) is 2.44. The van der Waals surface area contributed by atoms with Crippen LogP contribution in [0.15, 0.2) is 23.0 Å². The minimum Gasteiger partial charge on any atom is -0.321 e.